The summed E-state index contributed by atoms with van der Waals surface area (Å²) in [5, 5.41) is 0. The molecule has 8 heteroatoms. The average molecular weight is 329 g/mol. The minimum absolute atomic E-state index is 0.00453. The SMILES string of the molecule is COC(=O)CCC(=O)OSc1nc2ccccc2s1.C[NH3+]. The van der Waals surface area contributed by atoms with Gasteiger partial charge in [0.1, 0.15) is 12.0 Å². The smallest absolute Gasteiger partial charge is 0.318 e. The molecule has 0 aliphatic carbocycles. The fourth-order valence-electron chi connectivity index (χ4n) is 1.32. The van der Waals surface area contributed by atoms with E-state index in [1.54, 1.807) is 7.05 Å². The molecule has 0 atom stereocenters. The van der Waals surface area contributed by atoms with Gasteiger partial charge in [0, 0.05) is 0 Å². The first-order valence-corrected chi connectivity index (χ1v) is 7.75. The Morgan fingerprint density at radius 2 is 1.90 bits per heavy atom. The molecule has 0 spiro atoms. The highest BCUT2D eigenvalue weighted by atomic mass is 32.2. The Bertz CT molecular complexity index is 568. The summed E-state index contributed by atoms with van der Waals surface area (Å²) < 4.78 is 11.1. The summed E-state index contributed by atoms with van der Waals surface area (Å²) >= 11 is 2.37. The zero-order valence-corrected chi connectivity index (χ0v) is 13.5. The van der Waals surface area contributed by atoms with Crippen LogP contribution in [0.25, 0.3) is 10.2 Å². The van der Waals surface area contributed by atoms with E-state index in [2.05, 4.69) is 15.5 Å². The van der Waals surface area contributed by atoms with Crippen LogP contribution in [-0.4, -0.2) is 31.1 Å². The number of hydrogen-bond acceptors (Lipinski definition) is 7. The van der Waals surface area contributed by atoms with E-state index in [1.807, 2.05) is 24.3 Å². The number of quaternary nitrogens is 1. The van der Waals surface area contributed by atoms with E-state index in [-0.39, 0.29) is 12.8 Å². The number of fused-ring (bicyclic) bond motifs is 1. The predicted molar refractivity (Wildman–Crippen MR) is 81.6 cm³/mol. The van der Waals surface area contributed by atoms with Gasteiger partial charge in [-0.1, -0.05) is 12.1 Å². The number of ether oxygens (including phenoxy) is 1. The molecule has 1 aromatic heterocycles. The van der Waals surface area contributed by atoms with Crippen LogP contribution in [0.5, 0.6) is 0 Å². The van der Waals surface area contributed by atoms with Crippen molar-refractivity contribution in [1.29, 1.82) is 0 Å². The van der Waals surface area contributed by atoms with Gasteiger partial charge in [-0.2, -0.15) is 0 Å². The second kappa shape index (κ2) is 9.32. The first-order valence-electron chi connectivity index (χ1n) is 6.19. The molecular weight excluding hydrogens is 312 g/mol. The third-order valence-corrected chi connectivity index (χ3v) is 4.03. The van der Waals surface area contributed by atoms with E-state index in [4.69, 9.17) is 4.18 Å². The number of esters is 1. The lowest BCUT2D eigenvalue weighted by Crippen LogP contribution is -2.40. The zero-order valence-electron chi connectivity index (χ0n) is 11.8. The lowest BCUT2D eigenvalue weighted by atomic mass is 10.3. The number of carbonyl (C=O) groups is 2. The lowest BCUT2D eigenvalue weighted by Gasteiger charge is -1.99. The molecule has 0 unspecified atom stereocenters. The van der Waals surface area contributed by atoms with Crippen LogP contribution < -0.4 is 5.73 Å². The van der Waals surface area contributed by atoms with E-state index in [0.29, 0.717) is 4.34 Å². The maximum Gasteiger partial charge on any atom is 0.318 e. The van der Waals surface area contributed by atoms with Gasteiger partial charge in [0.2, 0.25) is 0 Å². The maximum atomic E-state index is 11.4. The van der Waals surface area contributed by atoms with Crippen molar-refractivity contribution in [3.8, 4) is 0 Å². The van der Waals surface area contributed by atoms with Gasteiger partial charge in [-0.15, -0.1) is 11.3 Å². The second-order valence-electron chi connectivity index (χ2n) is 3.56. The molecule has 1 heterocycles. The first-order chi connectivity index (χ1) is 10.2. The number of nitrogens with zero attached hydrogens (tertiary/aromatic N) is 1. The van der Waals surface area contributed by atoms with Gasteiger partial charge in [-0.05, 0) is 12.1 Å². The van der Waals surface area contributed by atoms with Crippen LogP contribution >= 0.6 is 23.4 Å². The van der Waals surface area contributed by atoms with Gasteiger partial charge in [0.25, 0.3) is 0 Å². The molecule has 0 amide bonds. The largest absolute Gasteiger partial charge is 0.469 e. The molecule has 0 bridgehead atoms. The molecule has 0 saturated carbocycles. The third kappa shape index (κ3) is 5.70. The second-order valence-corrected chi connectivity index (χ2v) is 5.57. The minimum atomic E-state index is -0.463. The van der Waals surface area contributed by atoms with Gasteiger partial charge < -0.3 is 14.7 Å². The van der Waals surface area contributed by atoms with E-state index < -0.39 is 11.9 Å². The zero-order chi connectivity index (χ0) is 15.7. The topological polar surface area (TPSA) is 93.1 Å². The van der Waals surface area contributed by atoms with E-state index in [9.17, 15) is 9.59 Å². The van der Waals surface area contributed by atoms with E-state index in [0.717, 1.165) is 22.3 Å². The van der Waals surface area contributed by atoms with Gasteiger partial charge in [0.15, 0.2) is 4.34 Å². The highest BCUT2D eigenvalue weighted by Gasteiger charge is 2.11. The molecule has 2 rings (SSSR count). The molecule has 0 radical (unpaired) electrons. The Balaban J connectivity index is 0.00000106. The molecule has 114 valence electrons. The van der Waals surface area contributed by atoms with Gasteiger partial charge >= 0.3 is 11.9 Å². The Morgan fingerprint density at radius 1 is 1.24 bits per heavy atom. The summed E-state index contributed by atoms with van der Waals surface area (Å²) in [5.74, 6) is -0.892. The number of methoxy groups -OCH3 is 1. The van der Waals surface area contributed by atoms with E-state index >= 15 is 0 Å². The van der Waals surface area contributed by atoms with Crippen LogP contribution in [0.1, 0.15) is 12.8 Å². The van der Waals surface area contributed by atoms with E-state index in [1.165, 1.54) is 18.4 Å². The van der Waals surface area contributed by atoms with Crippen LogP contribution in [0, 0.1) is 0 Å². The number of para-hydroxylation sites is 1. The normalized spacial score (nSPS) is 9.67. The lowest BCUT2D eigenvalue weighted by molar-refractivity contribution is -0.325. The fourth-order valence-corrected chi connectivity index (χ4v) is 2.90. The van der Waals surface area contributed by atoms with Crippen LogP contribution in [0.2, 0.25) is 0 Å². The summed E-state index contributed by atoms with van der Waals surface area (Å²) in [6, 6.07) is 7.68. The number of thiazole rings is 1. The van der Waals surface area contributed by atoms with Gasteiger partial charge in [-0.25, -0.2) is 4.98 Å². The molecular formula is C13H17N2O4S2+. The van der Waals surface area contributed by atoms with Gasteiger partial charge in [-0.3, -0.25) is 9.59 Å². The monoisotopic (exact) mass is 329 g/mol. The average Bonchev–Trinajstić information content (AvgIpc) is 2.95. The first kappa shape index (κ1) is 17.4. The van der Waals surface area contributed by atoms with Crippen LogP contribution in [0.15, 0.2) is 28.6 Å². The summed E-state index contributed by atoms with van der Waals surface area (Å²) in [4.78, 5) is 26.5. The minimum Gasteiger partial charge on any atom is -0.469 e. The van der Waals surface area contributed by atoms with Crippen molar-refractivity contribution in [3.63, 3.8) is 0 Å². The number of benzene rings is 1. The molecule has 1 aromatic carbocycles. The Labute approximate surface area is 130 Å². The highest BCUT2D eigenvalue weighted by molar-refractivity contribution is 7.97. The molecule has 0 saturated heterocycles. The molecule has 0 aliphatic rings. The standard InChI is InChI=1S/C12H11NO4S2.CH5N/c1-16-10(14)6-7-11(15)17-19-12-13-8-4-2-3-5-9(8)18-12;1-2/h2-5H,6-7H2,1H3;2H2,1H3/p+1. The van der Waals surface area contributed by atoms with Crippen molar-refractivity contribution in [2.75, 3.05) is 14.2 Å². The maximum absolute atomic E-state index is 11.4. The summed E-state index contributed by atoms with van der Waals surface area (Å²) in [7, 11) is 3.03. The van der Waals surface area contributed by atoms with Crippen molar-refractivity contribution in [3.05, 3.63) is 24.3 Å². The molecule has 3 N–H and O–H groups in total. The van der Waals surface area contributed by atoms with Crippen LogP contribution in [0.4, 0.5) is 0 Å². The quantitative estimate of drug-likeness (QED) is 0.662. The number of rotatable bonds is 5. The van der Waals surface area contributed by atoms with Crippen molar-refractivity contribution >= 4 is 45.5 Å². The number of carbonyl (C=O) groups excluding carboxylic acids is 2. The number of hydrogen-bond donors (Lipinski definition) is 1. The molecule has 0 aliphatic heterocycles. The summed E-state index contributed by atoms with van der Waals surface area (Å²) in [5.41, 5.74) is 4.13. The predicted octanol–water partition coefficient (Wildman–Crippen LogP) is 1.66. The molecule has 0 fully saturated rings. The van der Waals surface area contributed by atoms with Crippen LogP contribution in [0.3, 0.4) is 0 Å². The summed E-state index contributed by atoms with van der Waals surface area (Å²) in [6.07, 6.45) is 0.0281. The molecule has 21 heavy (non-hydrogen) atoms. The molecule has 6 nitrogen and oxygen atoms in total. The van der Waals surface area contributed by atoms with Crippen molar-refractivity contribution in [2.24, 2.45) is 0 Å². The van der Waals surface area contributed by atoms with Crippen molar-refractivity contribution in [2.45, 2.75) is 17.2 Å². The van der Waals surface area contributed by atoms with Crippen molar-refractivity contribution in [1.82, 2.24) is 4.98 Å². The Hall–Kier alpha value is -1.64. The Morgan fingerprint density at radius 3 is 2.57 bits per heavy atom. The van der Waals surface area contributed by atoms with Gasteiger partial charge in [0.05, 0.1) is 37.2 Å². The fraction of sp³-hybridized carbons (Fsp3) is 0.308. The third-order valence-electron chi connectivity index (χ3n) is 2.24. The summed E-state index contributed by atoms with van der Waals surface area (Å²) in [6.45, 7) is 0. The molecule has 2 aromatic rings. The van der Waals surface area contributed by atoms with Crippen LogP contribution in [-0.2, 0) is 18.5 Å². The highest BCUT2D eigenvalue weighted by Crippen LogP contribution is 2.30. The number of aromatic nitrogens is 1. The Kier molecular flexibility index (Phi) is 7.73. The van der Waals surface area contributed by atoms with Crippen molar-refractivity contribution < 1.29 is 24.2 Å².